The molecular formula is C14H28N4O. The Labute approximate surface area is 116 Å². The summed E-state index contributed by atoms with van der Waals surface area (Å²) < 4.78 is 0. The molecule has 19 heavy (non-hydrogen) atoms. The number of hydrogen-bond donors (Lipinski definition) is 1. The van der Waals surface area contributed by atoms with Crippen molar-refractivity contribution in [3.8, 4) is 0 Å². The molecule has 1 atom stereocenters. The van der Waals surface area contributed by atoms with Gasteiger partial charge in [0.2, 0.25) is 5.91 Å². The van der Waals surface area contributed by atoms with Crippen LogP contribution in [0.2, 0.25) is 0 Å². The number of nitrogens with zero attached hydrogens (tertiary/aromatic N) is 3. The molecule has 110 valence electrons. The van der Waals surface area contributed by atoms with Crippen molar-refractivity contribution in [3.05, 3.63) is 0 Å². The first-order valence-corrected chi connectivity index (χ1v) is 7.54. The Kier molecular flexibility index (Phi) is 5.60. The van der Waals surface area contributed by atoms with E-state index in [-0.39, 0.29) is 0 Å². The second-order valence-electron chi connectivity index (χ2n) is 6.03. The highest BCUT2D eigenvalue weighted by molar-refractivity contribution is 5.79. The maximum Gasteiger partial charge on any atom is 0.237 e. The number of carbonyl (C=O) groups is 1. The summed E-state index contributed by atoms with van der Waals surface area (Å²) in [6.07, 6.45) is 3.46. The Morgan fingerprint density at radius 2 is 2.05 bits per heavy atom. The minimum Gasteiger partial charge on any atom is -0.337 e. The predicted molar refractivity (Wildman–Crippen MR) is 77.2 cm³/mol. The highest BCUT2D eigenvalue weighted by Gasteiger charge is 2.29. The van der Waals surface area contributed by atoms with Gasteiger partial charge in [0, 0.05) is 32.2 Å². The van der Waals surface area contributed by atoms with Crippen LogP contribution in [0.25, 0.3) is 0 Å². The van der Waals surface area contributed by atoms with Gasteiger partial charge in [0.15, 0.2) is 0 Å². The zero-order valence-corrected chi connectivity index (χ0v) is 12.4. The molecule has 2 saturated heterocycles. The second kappa shape index (κ2) is 7.22. The SMILES string of the molecule is CN(C)CC1CCCN1C(=O)CN1CCCNCC1. The van der Waals surface area contributed by atoms with Crippen LogP contribution in [0.3, 0.4) is 0 Å². The third-order valence-corrected chi connectivity index (χ3v) is 4.06. The maximum atomic E-state index is 12.5. The molecule has 0 bridgehead atoms. The van der Waals surface area contributed by atoms with E-state index in [1.165, 1.54) is 0 Å². The van der Waals surface area contributed by atoms with E-state index in [1.807, 2.05) is 0 Å². The molecule has 0 saturated carbocycles. The van der Waals surface area contributed by atoms with Crippen LogP contribution in [0, 0.1) is 0 Å². The monoisotopic (exact) mass is 268 g/mol. The van der Waals surface area contributed by atoms with Crippen LogP contribution in [0.4, 0.5) is 0 Å². The minimum absolute atomic E-state index is 0.325. The van der Waals surface area contributed by atoms with E-state index < -0.39 is 0 Å². The molecule has 2 aliphatic rings. The average Bonchev–Trinajstić information content (AvgIpc) is 2.65. The van der Waals surface area contributed by atoms with E-state index in [2.05, 4.69) is 34.1 Å². The standard InChI is InChI=1S/C14H28N4O/c1-16(2)11-13-5-3-9-18(13)14(19)12-17-8-4-6-15-7-10-17/h13,15H,3-12H2,1-2H3. The van der Waals surface area contributed by atoms with Gasteiger partial charge in [-0.1, -0.05) is 0 Å². The van der Waals surface area contributed by atoms with E-state index in [4.69, 9.17) is 0 Å². The van der Waals surface area contributed by atoms with Crippen molar-refractivity contribution in [2.24, 2.45) is 0 Å². The van der Waals surface area contributed by atoms with Gasteiger partial charge < -0.3 is 15.1 Å². The molecule has 1 N–H and O–H groups in total. The summed E-state index contributed by atoms with van der Waals surface area (Å²) in [5.41, 5.74) is 0. The van der Waals surface area contributed by atoms with Gasteiger partial charge in [-0.3, -0.25) is 9.69 Å². The normalized spacial score (nSPS) is 25.8. The van der Waals surface area contributed by atoms with Crippen LogP contribution in [-0.2, 0) is 4.79 Å². The Morgan fingerprint density at radius 3 is 2.84 bits per heavy atom. The summed E-state index contributed by atoms with van der Waals surface area (Å²) in [5, 5.41) is 3.38. The molecule has 0 aromatic carbocycles. The lowest BCUT2D eigenvalue weighted by Crippen LogP contribution is -2.46. The van der Waals surface area contributed by atoms with Crippen LogP contribution >= 0.6 is 0 Å². The average molecular weight is 268 g/mol. The number of rotatable bonds is 4. The van der Waals surface area contributed by atoms with Crippen LogP contribution in [0.5, 0.6) is 0 Å². The third-order valence-electron chi connectivity index (χ3n) is 4.06. The topological polar surface area (TPSA) is 38.8 Å². The zero-order chi connectivity index (χ0) is 13.7. The molecule has 0 aromatic rings. The number of nitrogens with one attached hydrogen (secondary N) is 1. The lowest BCUT2D eigenvalue weighted by atomic mass is 10.2. The van der Waals surface area contributed by atoms with E-state index in [9.17, 15) is 4.79 Å². The van der Waals surface area contributed by atoms with Gasteiger partial charge in [-0.2, -0.15) is 0 Å². The Bertz CT molecular complexity index is 287. The molecule has 0 aromatic heterocycles. The number of amides is 1. The van der Waals surface area contributed by atoms with E-state index in [0.29, 0.717) is 18.5 Å². The van der Waals surface area contributed by atoms with Crippen molar-refractivity contribution in [1.29, 1.82) is 0 Å². The molecule has 5 nitrogen and oxygen atoms in total. The highest BCUT2D eigenvalue weighted by Crippen LogP contribution is 2.18. The highest BCUT2D eigenvalue weighted by atomic mass is 16.2. The largest absolute Gasteiger partial charge is 0.337 e. The number of carbonyl (C=O) groups excluding carboxylic acids is 1. The molecule has 1 amide bonds. The van der Waals surface area contributed by atoms with Crippen molar-refractivity contribution < 1.29 is 4.79 Å². The first kappa shape index (κ1) is 14.8. The molecule has 0 aliphatic carbocycles. The van der Waals surface area contributed by atoms with Crippen molar-refractivity contribution in [2.45, 2.75) is 25.3 Å². The van der Waals surface area contributed by atoms with Crippen LogP contribution in [-0.4, -0.2) is 86.6 Å². The van der Waals surface area contributed by atoms with Gasteiger partial charge in [0.25, 0.3) is 0 Å². The van der Waals surface area contributed by atoms with E-state index in [0.717, 1.165) is 58.5 Å². The molecule has 2 fully saturated rings. The van der Waals surface area contributed by atoms with Crippen molar-refractivity contribution >= 4 is 5.91 Å². The number of likely N-dealkylation sites (N-methyl/N-ethyl adjacent to an activating group) is 1. The molecule has 1 unspecified atom stereocenters. The number of likely N-dealkylation sites (tertiary alicyclic amines) is 1. The molecule has 0 radical (unpaired) electrons. The Hall–Kier alpha value is -0.650. The third kappa shape index (κ3) is 4.44. The summed E-state index contributed by atoms with van der Waals surface area (Å²) >= 11 is 0. The Balaban J connectivity index is 1.83. The van der Waals surface area contributed by atoms with Crippen LogP contribution in [0.1, 0.15) is 19.3 Å². The number of hydrogen-bond acceptors (Lipinski definition) is 4. The van der Waals surface area contributed by atoms with E-state index in [1.54, 1.807) is 0 Å². The summed E-state index contributed by atoms with van der Waals surface area (Å²) in [4.78, 5) is 19.1. The first-order valence-electron chi connectivity index (χ1n) is 7.54. The molecular weight excluding hydrogens is 240 g/mol. The van der Waals surface area contributed by atoms with Gasteiger partial charge >= 0.3 is 0 Å². The molecule has 2 heterocycles. The second-order valence-corrected chi connectivity index (χ2v) is 6.03. The van der Waals surface area contributed by atoms with Crippen molar-refractivity contribution in [3.63, 3.8) is 0 Å². The first-order chi connectivity index (χ1) is 9.16. The smallest absolute Gasteiger partial charge is 0.237 e. The minimum atomic E-state index is 0.325. The fraction of sp³-hybridized carbons (Fsp3) is 0.929. The maximum absolute atomic E-state index is 12.5. The van der Waals surface area contributed by atoms with Crippen molar-refractivity contribution in [2.75, 3.05) is 59.9 Å². The fourth-order valence-electron chi connectivity index (χ4n) is 3.12. The molecule has 5 heteroatoms. The molecule has 2 rings (SSSR count). The van der Waals surface area contributed by atoms with Gasteiger partial charge in [0.1, 0.15) is 0 Å². The fourth-order valence-corrected chi connectivity index (χ4v) is 3.12. The Morgan fingerprint density at radius 1 is 1.21 bits per heavy atom. The summed E-state index contributed by atoms with van der Waals surface area (Å²) in [5.74, 6) is 0.325. The van der Waals surface area contributed by atoms with Crippen molar-refractivity contribution in [1.82, 2.24) is 20.0 Å². The zero-order valence-electron chi connectivity index (χ0n) is 12.4. The van der Waals surface area contributed by atoms with Crippen LogP contribution in [0.15, 0.2) is 0 Å². The quantitative estimate of drug-likeness (QED) is 0.769. The summed E-state index contributed by atoms with van der Waals surface area (Å²) in [6.45, 7) is 6.68. The predicted octanol–water partition coefficient (Wildman–Crippen LogP) is -0.166. The van der Waals surface area contributed by atoms with Gasteiger partial charge in [-0.05, 0) is 46.4 Å². The molecule has 0 spiro atoms. The summed E-state index contributed by atoms with van der Waals surface area (Å²) in [7, 11) is 4.17. The summed E-state index contributed by atoms with van der Waals surface area (Å²) in [6, 6.07) is 0.424. The van der Waals surface area contributed by atoms with Gasteiger partial charge in [-0.15, -0.1) is 0 Å². The lowest BCUT2D eigenvalue weighted by molar-refractivity contribution is -0.133. The molecule has 2 aliphatic heterocycles. The van der Waals surface area contributed by atoms with E-state index >= 15 is 0 Å². The van der Waals surface area contributed by atoms with Gasteiger partial charge in [-0.25, -0.2) is 0 Å². The lowest BCUT2D eigenvalue weighted by Gasteiger charge is -2.29. The van der Waals surface area contributed by atoms with Gasteiger partial charge in [0.05, 0.1) is 6.54 Å². The van der Waals surface area contributed by atoms with Crippen LogP contribution < -0.4 is 5.32 Å².